The summed E-state index contributed by atoms with van der Waals surface area (Å²) in [5.41, 5.74) is 4.35. The van der Waals surface area contributed by atoms with Crippen molar-refractivity contribution in [2.45, 2.75) is 13.8 Å². The minimum absolute atomic E-state index is 0.148. The minimum Gasteiger partial charge on any atom is -0.497 e. The molecule has 0 unspecified atom stereocenters. The van der Waals surface area contributed by atoms with E-state index < -0.39 is 0 Å². The predicted molar refractivity (Wildman–Crippen MR) is 111 cm³/mol. The maximum absolute atomic E-state index is 13.3. The van der Waals surface area contributed by atoms with Gasteiger partial charge in [-0.1, -0.05) is 12.1 Å². The number of nitrogens with one attached hydrogen (secondary N) is 2. The van der Waals surface area contributed by atoms with Crippen molar-refractivity contribution in [3.05, 3.63) is 53.6 Å². The first-order chi connectivity index (χ1) is 14.1. The lowest BCUT2D eigenvalue weighted by atomic mass is 10.0. The first-order valence-electron chi connectivity index (χ1n) is 9.55. The van der Waals surface area contributed by atoms with Gasteiger partial charge in [0.25, 0.3) is 0 Å². The number of methoxy groups -OCH3 is 1. The van der Waals surface area contributed by atoms with Crippen LogP contribution in [0, 0.1) is 0 Å². The van der Waals surface area contributed by atoms with Gasteiger partial charge in [0, 0.05) is 24.2 Å². The Labute approximate surface area is 168 Å². The van der Waals surface area contributed by atoms with Gasteiger partial charge < -0.3 is 15.0 Å². The van der Waals surface area contributed by atoms with Crippen molar-refractivity contribution < 1.29 is 14.3 Å². The van der Waals surface area contributed by atoms with Crippen LogP contribution in [0.15, 0.2) is 42.5 Å². The molecule has 1 aliphatic rings. The number of urea groups is 1. The number of carbonyl (C=O) groups is 2. The summed E-state index contributed by atoms with van der Waals surface area (Å²) in [6, 6.07) is 12.6. The number of anilines is 1. The highest BCUT2D eigenvalue weighted by Crippen LogP contribution is 2.43. The van der Waals surface area contributed by atoms with Crippen molar-refractivity contribution >= 4 is 17.5 Å². The Hall–Kier alpha value is -3.61. The zero-order valence-electron chi connectivity index (χ0n) is 16.6. The number of fused-ring (bicyclic) bond motifs is 3. The molecule has 0 spiro atoms. The number of aromatic nitrogens is 2. The van der Waals surface area contributed by atoms with Crippen LogP contribution in [0.2, 0.25) is 0 Å². The Morgan fingerprint density at radius 1 is 1.10 bits per heavy atom. The molecule has 4 rings (SSSR count). The van der Waals surface area contributed by atoms with Crippen molar-refractivity contribution in [3.8, 4) is 28.3 Å². The van der Waals surface area contributed by atoms with E-state index in [9.17, 15) is 9.59 Å². The van der Waals surface area contributed by atoms with Crippen LogP contribution in [0.4, 0.5) is 10.5 Å². The van der Waals surface area contributed by atoms with Crippen LogP contribution >= 0.6 is 0 Å². The maximum Gasteiger partial charge on any atom is 0.321 e. The van der Waals surface area contributed by atoms with Gasteiger partial charge in [-0.05, 0) is 44.2 Å². The largest absolute Gasteiger partial charge is 0.497 e. The second-order valence-electron chi connectivity index (χ2n) is 6.71. The van der Waals surface area contributed by atoms with E-state index in [1.54, 1.807) is 18.1 Å². The zero-order chi connectivity index (χ0) is 20.5. The Bertz CT molecular complexity index is 1080. The van der Waals surface area contributed by atoms with Crippen LogP contribution in [0.25, 0.3) is 22.5 Å². The third-order valence-electron chi connectivity index (χ3n) is 5.21. The van der Waals surface area contributed by atoms with E-state index in [1.165, 1.54) is 0 Å². The molecular weight excluding hydrogens is 368 g/mol. The molecule has 1 aromatic heterocycles. The second kappa shape index (κ2) is 7.43. The van der Waals surface area contributed by atoms with E-state index in [0.717, 1.165) is 16.9 Å². The number of carbonyl (C=O) groups excluding carboxylic acids is 2. The molecule has 1 heterocycles. The van der Waals surface area contributed by atoms with Crippen LogP contribution in [-0.2, 0) is 0 Å². The molecule has 1 aliphatic carbocycles. The van der Waals surface area contributed by atoms with Crippen molar-refractivity contribution in [1.82, 2.24) is 15.1 Å². The zero-order valence-corrected chi connectivity index (χ0v) is 16.6. The summed E-state index contributed by atoms with van der Waals surface area (Å²) >= 11 is 0. The smallest absolute Gasteiger partial charge is 0.321 e. The van der Waals surface area contributed by atoms with Crippen LogP contribution < -0.4 is 10.1 Å². The molecule has 7 heteroatoms. The van der Waals surface area contributed by atoms with E-state index >= 15 is 0 Å². The molecule has 2 aromatic carbocycles. The lowest BCUT2D eigenvalue weighted by molar-refractivity contribution is 0.104. The van der Waals surface area contributed by atoms with Crippen molar-refractivity contribution in [3.63, 3.8) is 0 Å². The maximum atomic E-state index is 13.3. The third-order valence-corrected chi connectivity index (χ3v) is 5.21. The number of rotatable bonds is 5. The van der Waals surface area contributed by atoms with Crippen LogP contribution in [0.1, 0.15) is 29.8 Å². The lowest BCUT2D eigenvalue weighted by Crippen LogP contribution is -2.34. The Morgan fingerprint density at radius 3 is 2.48 bits per heavy atom. The highest BCUT2D eigenvalue weighted by molar-refractivity contribution is 6.26. The average molecular weight is 390 g/mol. The number of amides is 2. The number of H-pyrrole nitrogens is 1. The molecule has 0 saturated carbocycles. The molecule has 3 aromatic rings. The fourth-order valence-corrected chi connectivity index (χ4v) is 3.66. The number of benzene rings is 2. The molecule has 2 N–H and O–H groups in total. The standard InChI is InChI=1S/C22H22N4O3/c1-4-26(5-2)22(28)23-16-8-6-7-15-17(16)21(27)18-19(24-25-20(15)18)13-9-11-14(29-3)12-10-13/h6-12H,4-5H2,1-3H3,(H,23,28)(H,24,25). The third kappa shape index (κ3) is 3.04. The van der Waals surface area contributed by atoms with E-state index in [0.29, 0.717) is 41.3 Å². The highest BCUT2D eigenvalue weighted by atomic mass is 16.5. The molecule has 0 atom stereocenters. The van der Waals surface area contributed by atoms with Crippen molar-refractivity contribution in [1.29, 1.82) is 0 Å². The summed E-state index contributed by atoms with van der Waals surface area (Å²) in [5, 5.41) is 10.3. The number of hydrogen-bond donors (Lipinski definition) is 2. The van der Waals surface area contributed by atoms with Gasteiger partial charge in [-0.15, -0.1) is 0 Å². The number of aromatic amines is 1. The van der Waals surface area contributed by atoms with Gasteiger partial charge in [0.15, 0.2) is 5.78 Å². The minimum atomic E-state index is -0.222. The highest BCUT2D eigenvalue weighted by Gasteiger charge is 2.35. The summed E-state index contributed by atoms with van der Waals surface area (Å²) in [6.45, 7) is 5.02. The summed E-state index contributed by atoms with van der Waals surface area (Å²) in [7, 11) is 1.61. The number of ether oxygens (including phenoxy) is 1. The summed E-state index contributed by atoms with van der Waals surface area (Å²) in [5.74, 6) is 0.585. The van der Waals surface area contributed by atoms with E-state index in [1.807, 2.05) is 50.2 Å². The quantitative estimate of drug-likeness (QED) is 0.535. The monoisotopic (exact) mass is 390 g/mol. The first-order valence-corrected chi connectivity index (χ1v) is 9.55. The van der Waals surface area contributed by atoms with Crippen molar-refractivity contribution in [2.24, 2.45) is 0 Å². The van der Waals surface area contributed by atoms with Gasteiger partial charge in [0.2, 0.25) is 0 Å². The Balaban J connectivity index is 1.73. The molecule has 0 saturated heterocycles. The molecule has 0 radical (unpaired) electrons. The lowest BCUT2D eigenvalue weighted by Gasteiger charge is -2.20. The number of nitrogens with zero attached hydrogens (tertiary/aromatic N) is 2. The molecular formula is C22H22N4O3. The van der Waals surface area contributed by atoms with E-state index in [4.69, 9.17) is 4.74 Å². The second-order valence-corrected chi connectivity index (χ2v) is 6.71. The molecule has 29 heavy (non-hydrogen) atoms. The normalized spacial score (nSPS) is 11.8. The molecule has 0 aliphatic heterocycles. The SMILES string of the molecule is CCN(CC)C(=O)Nc1cccc2c1C(=O)c1c(-c3ccc(OC)cc3)n[nH]c1-2. The Kier molecular flexibility index (Phi) is 4.80. The fraction of sp³-hybridized carbons (Fsp3) is 0.227. The van der Waals surface area contributed by atoms with Gasteiger partial charge in [-0.25, -0.2) is 4.79 Å². The number of ketones is 1. The number of hydrogen-bond acceptors (Lipinski definition) is 4. The summed E-state index contributed by atoms with van der Waals surface area (Å²) in [6.07, 6.45) is 0. The fourth-order valence-electron chi connectivity index (χ4n) is 3.66. The summed E-state index contributed by atoms with van der Waals surface area (Å²) < 4.78 is 5.20. The van der Waals surface area contributed by atoms with E-state index in [2.05, 4.69) is 15.5 Å². The first kappa shape index (κ1) is 18.7. The van der Waals surface area contributed by atoms with Crippen molar-refractivity contribution in [2.75, 3.05) is 25.5 Å². The average Bonchev–Trinajstić information content (AvgIpc) is 3.30. The molecule has 0 bridgehead atoms. The van der Waals surface area contributed by atoms with Gasteiger partial charge in [0.05, 0.1) is 29.6 Å². The van der Waals surface area contributed by atoms with Crippen LogP contribution in [-0.4, -0.2) is 47.1 Å². The van der Waals surface area contributed by atoms with Gasteiger partial charge >= 0.3 is 6.03 Å². The topological polar surface area (TPSA) is 87.3 Å². The molecule has 7 nitrogen and oxygen atoms in total. The molecule has 2 amide bonds. The van der Waals surface area contributed by atoms with E-state index in [-0.39, 0.29) is 11.8 Å². The molecule has 0 fully saturated rings. The molecule has 148 valence electrons. The predicted octanol–water partition coefficient (Wildman–Crippen LogP) is 4.17. The van der Waals surface area contributed by atoms with Crippen LogP contribution in [0.3, 0.4) is 0 Å². The Morgan fingerprint density at radius 2 is 1.83 bits per heavy atom. The van der Waals surface area contributed by atoms with Gasteiger partial charge in [0.1, 0.15) is 11.4 Å². The van der Waals surface area contributed by atoms with Gasteiger partial charge in [-0.2, -0.15) is 5.10 Å². The van der Waals surface area contributed by atoms with Gasteiger partial charge in [-0.3, -0.25) is 9.89 Å². The summed E-state index contributed by atoms with van der Waals surface area (Å²) in [4.78, 5) is 27.5. The van der Waals surface area contributed by atoms with Crippen LogP contribution in [0.5, 0.6) is 5.75 Å².